The third kappa shape index (κ3) is 1.29. The number of nitrogens with two attached hydrogens (primary N) is 2. The molecule has 0 bridgehead atoms. The molecule has 1 aliphatic rings. The SMILES string of the molecule is CC1(C(N)=O)SCCC1C(N)=O. The van der Waals surface area contributed by atoms with E-state index >= 15 is 0 Å². The molecule has 0 aliphatic carbocycles. The fourth-order valence-corrected chi connectivity index (χ4v) is 2.78. The lowest BCUT2D eigenvalue weighted by Gasteiger charge is -2.24. The van der Waals surface area contributed by atoms with Crippen LogP contribution in [0, 0.1) is 5.92 Å². The molecule has 68 valence electrons. The van der Waals surface area contributed by atoms with Crippen LogP contribution in [0.4, 0.5) is 0 Å². The summed E-state index contributed by atoms with van der Waals surface area (Å²) < 4.78 is -0.786. The summed E-state index contributed by atoms with van der Waals surface area (Å²) in [6, 6.07) is 0. The maximum absolute atomic E-state index is 11.0. The minimum Gasteiger partial charge on any atom is -0.369 e. The van der Waals surface area contributed by atoms with E-state index in [0.717, 1.165) is 5.75 Å². The summed E-state index contributed by atoms with van der Waals surface area (Å²) in [6.07, 6.45) is 0.652. The van der Waals surface area contributed by atoms with E-state index in [1.165, 1.54) is 11.8 Å². The quantitative estimate of drug-likeness (QED) is 0.610. The summed E-state index contributed by atoms with van der Waals surface area (Å²) >= 11 is 1.41. The lowest BCUT2D eigenvalue weighted by atomic mass is 9.90. The molecule has 0 aromatic carbocycles. The van der Waals surface area contributed by atoms with Gasteiger partial charge in [-0.2, -0.15) is 0 Å². The van der Waals surface area contributed by atoms with Gasteiger partial charge in [0.1, 0.15) is 4.75 Å². The number of hydrogen-bond acceptors (Lipinski definition) is 3. The first kappa shape index (κ1) is 9.38. The molecule has 0 saturated carbocycles. The second kappa shape index (κ2) is 2.97. The Morgan fingerprint density at radius 2 is 2.08 bits per heavy atom. The Morgan fingerprint density at radius 1 is 1.50 bits per heavy atom. The van der Waals surface area contributed by atoms with Gasteiger partial charge in [0.25, 0.3) is 0 Å². The van der Waals surface area contributed by atoms with E-state index in [9.17, 15) is 9.59 Å². The van der Waals surface area contributed by atoms with Gasteiger partial charge < -0.3 is 11.5 Å². The second-order valence-corrected chi connectivity index (χ2v) is 4.61. The largest absolute Gasteiger partial charge is 0.369 e. The molecule has 1 heterocycles. The van der Waals surface area contributed by atoms with Crippen molar-refractivity contribution in [3.05, 3.63) is 0 Å². The van der Waals surface area contributed by atoms with Crippen LogP contribution in [0.3, 0.4) is 0 Å². The molecule has 5 heteroatoms. The van der Waals surface area contributed by atoms with Crippen LogP contribution in [0.5, 0.6) is 0 Å². The lowest BCUT2D eigenvalue weighted by Crippen LogP contribution is -2.46. The molecule has 1 fully saturated rings. The predicted molar refractivity (Wildman–Crippen MR) is 47.4 cm³/mol. The molecular formula is C7H12N2O2S. The molecule has 2 unspecified atom stereocenters. The summed E-state index contributed by atoms with van der Waals surface area (Å²) in [7, 11) is 0. The van der Waals surface area contributed by atoms with Crippen molar-refractivity contribution in [2.45, 2.75) is 18.1 Å². The number of amides is 2. The van der Waals surface area contributed by atoms with E-state index in [0.29, 0.717) is 6.42 Å². The Bertz CT molecular complexity index is 231. The highest BCUT2D eigenvalue weighted by Gasteiger charge is 2.47. The molecule has 1 aliphatic heterocycles. The summed E-state index contributed by atoms with van der Waals surface area (Å²) in [5.41, 5.74) is 10.3. The Balaban J connectivity index is 2.89. The molecule has 2 atom stereocenters. The minimum absolute atomic E-state index is 0.403. The van der Waals surface area contributed by atoms with Gasteiger partial charge >= 0.3 is 0 Å². The van der Waals surface area contributed by atoms with Crippen molar-refractivity contribution in [1.29, 1.82) is 0 Å². The van der Waals surface area contributed by atoms with Crippen LogP contribution in [0.1, 0.15) is 13.3 Å². The maximum Gasteiger partial charge on any atom is 0.234 e. The molecule has 2 amide bonds. The normalized spacial score (nSPS) is 34.9. The number of rotatable bonds is 2. The standard InChI is InChI=1S/C7H12N2O2S/c1-7(6(9)11)4(5(8)10)2-3-12-7/h4H,2-3H2,1H3,(H2,8,10)(H2,9,11). The molecule has 1 rings (SSSR count). The average Bonchev–Trinajstić information content (AvgIpc) is 2.32. The second-order valence-electron chi connectivity index (χ2n) is 3.06. The smallest absolute Gasteiger partial charge is 0.234 e. The first-order chi connectivity index (χ1) is 5.48. The fraction of sp³-hybridized carbons (Fsp3) is 0.714. The lowest BCUT2D eigenvalue weighted by molar-refractivity contribution is -0.128. The van der Waals surface area contributed by atoms with Crippen molar-refractivity contribution in [2.75, 3.05) is 5.75 Å². The zero-order valence-electron chi connectivity index (χ0n) is 6.87. The van der Waals surface area contributed by atoms with Crippen LogP contribution in [0.25, 0.3) is 0 Å². The highest BCUT2D eigenvalue weighted by Crippen LogP contribution is 2.42. The Morgan fingerprint density at radius 3 is 2.42 bits per heavy atom. The van der Waals surface area contributed by atoms with Crippen LogP contribution < -0.4 is 11.5 Å². The van der Waals surface area contributed by atoms with Crippen molar-refractivity contribution in [3.63, 3.8) is 0 Å². The fourth-order valence-electron chi connectivity index (χ4n) is 1.42. The molecule has 0 aromatic heterocycles. The van der Waals surface area contributed by atoms with Gasteiger partial charge in [-0.05, 0) is 19.1 Å². The van der Waals surface area contributed by atoms with E-state index in [2.05, 4.69) is 0 Å². The number of carbonyl (C=O) groups is 2. The van der Waals surface area contributed by atoms with Crippen LogP contribution in [0.2, 0.25) is 0 Å². The summed E-state index contributed by atoms with van der Waals surface area (Å²) in [5, 5.41) is 0. The van der Waals surface area contributed by atoms with Gasteiger partial charge in [0.15, 0.2) is 0 Å². The predicted octanol–water partition coefficient (Wildman–Crippen LogP) is -0.531. The first-order valence-corrected chi connectivity index (χ1v) is 4.70. The average molecular weight is 188 g/mol. The number of carbonyl (C=O) groups excluding carboxylic acids is 2. The topological polar surface area (TPSA) is 86.2 Å². The summed E-state index contributed by atoms with van der Waals surface area (Å²) in [6.45, 7) is 1.68. The van der Waals surface area contributed by atoms with Crippen molar-refractivity contribution in [3.8, 4) is 0 Å². The molecule has 4 nitrogen and oxygen atoms in total. The maximum atomic E-state index is 11.0. The monoisotopic (exact) mass is 188 g/mol. The minimum atomic E-state index is -0.786. The van der Waals surface area contributed by atoms with E-state index in [-0.39, 0.29) is 0 Å². The zero-order chi connectivity index (χ0) is 9.35. The van der Waals surface area contributed by atoms with Crippen LogP contribution in [0.15, 0.2) is 0 Å². The molecular weight excluding hydrogens is 176 g/mol. The van der Waals surface area contributed by atoms with Gasteiger partial charge in [-0.15, -0.1) is 11.8 Å². The molecule has 1 saturated heterocycles. The molecule has 0 radical (unpaired) electrons. The summed E-state index contributed by atoms with van der Waals surface area (Å²) in [4.78, 5) is 22.0. The Labute approximate surface area is 75.0 Å². The Kier molecular flexibility index (Phi) is 2.32. The highest BCUT2D eigenvalue weighted by atomic mass is 32.2. The molecule has 12 heavy (non-hydrogen) atoms. The van der Waals surface area contributed by atoms with Gasteiger partial charge in [0.2, 0.25) is 11.8 Å². The van der Waals surface area contributed by atoms with Gasteiger partial charge in [-0.3, -0.25) is 9.59 Å². The first-order valence-electron chi connectivity index (χ1n) is 3.71. The van der Waals surface area contributed by atoms with Gasteiger partial charge in [0, 0.05) is 0 Å². The van der Waals surface area contributed by atoms with Crippen molar-refractivity contribution >= 4 is 23.6 Å². The van der Waals surface area contributed by atoms with Gasteiger partial charge in [-0.1, -0.05) is 0 Å². The van der Waals surface area contributed by atoms with Crippen LogP contribution in [-0.4, -0.2) is 22.3 Å². The number of hydrogen-bond donors (Lipinski definition) is 2. The zero-order valence-corrected chi connectivity index (χ0v) is 7.69. The van der Waals surface area contributed by atoms with Gasteiger partial charge in [0.05, 0.1) is 5.92 Å². The van der Waals surface area contributed by atoms with Crippen LogP contribution >= 0.6 is 11.8 Å². The highest BCUT2D eigenvalue weighted by molar-refractivity contribution is 8.01. The van der Waals surface area contributed by atoms with Crippen molar-refractivity contribution in [2.24, 2.45) is 17.4 Å². The third-order valence-corrected chi connectivity index (χ3v) is 3.83. The number of primary amides is 2. The summed E-state index contributed by atoms with van der Waals surface area (Å²) in [5.74, 6) is -0.511. The molecule has 0 spiro atoms. The number of thioether (sulfide) groups is 1. The van der Waals surface area contributed by atoms with E-state index in [1.54, 1.807) is 6.92 Å². The van der Waals surface area contributed by atoms with E-state index in [4.69, 9.17) is 11.5 Å². The Hall–Kier alpha value is -0.710. The third-order valence-electron chi connectivity index (χ3n) is 2.31. The molecule has 0 aromatic rings. The van der Waals surface area contributed by atoms with E-state index in [1.807, 2.05) is 0 Å². The van der Waals surface area contributed by atoms with E-state index < -0.39 is 22.5 Å². The molecule has 4 N–H and O–H groups in total. The van der Waals surface area contributed by atoms with Crippen LogP contribution in [-0.2, 0) is 9.59 Å². The van der Waals surface area contributed by atoms with Crippen molar-refractivity contribution in [1.82, 2.24) is 0 Å². The van der Waals surface area contributed by atoms with Crippen molar-refractivity contribution < 1.29 is 9.59 Å². The van der Waals surface area contributed by atoms with Gasteiger partial charge in [-0.25, -0.2) is 0 Å².